The van der Waals surface area contributed by atoms with Gasteiger partial charge in [0.25, 0.3) is 5.91 Å². The minimum Gasteiger partial charge on any atom is -0.495 e. The third kappa shape index (κ3) is 4.11. The van der Waals surface area contributed by atoms with E-state index in [0.717, 1.165) is 20.9 Å². The number of aromatic nitrogens is 1. The third-order valence-electron chi connectivity index (χ3n) is 4.49. The molecule has 0 radical (unpaired) electrons. The van der Waals surface area contributed by atoms with Crippen LogP contribution in [-0.4, -0.2) is 18.0 Å². The van der Waals surface area contributed by atoms with E-state index in [1.165, 1.54) is 0 Å². The summed E-state index contributed by atoms with van der Waals surface area (Å²) in [5, 5.41) is 4.19. The summed E-state index contributed by atoms with van der Waals surface area (Å²) in [6.45, 7) is 0. The molecule has 1 amide bonds. The average Bonchev–Trinajstić information content (AvgIpc) is 2.73. The monoisotopic (exact) mass is 466 g/mol. The Kier molecular flexibility index (Phi) is 5.51. The summed E-state index contributed by atoms with van der Waals surface area (Å²) in [6, 6.07) is 22.3. The molecule has 4 rings (SSSR count). The maximum absolute atomic E-state index is 13.2. The highest BCUT2D eigenvalue weighted by atomic mass is 79.9. The summed E-state index contributed by atoms with van der Waals surface area (Å²) >= 11 is 9.59. The van der Waals surface area contributed by atoms with Crippen molar-refractivity contribution in [1.82, 2.24) is 4.98 Å². The fourth-order valence-electron chi connectivity index (χ4n) is 3.13. The van der Waals surface area contributed by atoms with Gasteiger partial charge in [-0.05, 0) is 42.5 Å². The van der Waals surface area contributed by atoms with E-state index in [-0.39, 0.29) is 5.91 Å². The van der Waals surface area contributed by atoms with E-state index >= 15 is 0 Å². The lowest BCUT2D eigenvalue weighted by Crippen LogP contribution is -2.14. The highest BCUT2D eigenvalue weighted by Crippen LogP contribution is 2.30. The van der Waals surface area contributed by atoms with Crippen LogP contribution in [0.3, 0.4) is 0 Å². The molecule has 1 N–H and O–H groups in total. The molecule has 6 heteroatoms. The van der Waals surface area contributed by atoms with E-state index in [9.17, 15) is 4.79 Å². The number of para-hydroxylation sites is 1. The number of benzene rings is 3. The number of amides is 1. The maximum atomic E-state index is 13.2. The van der Waals surface area contributed by atoms with Crippen molar-refractivity contribution in [2.24, 2.45) is 0 Å². The number of rotatable bonds is 4. The third-order valence-corrected chi connectivity index (χ3v) is 5.22. The first-order chi connectivity index (χ1) is 14.0. The quantitative estimate of drug-likeness (QED) is 0.369. The Morgan fingerprint density at radius 1 is 1.03 bits per heavy atom. The van der Waals surface area contributed by atoms with Gasteiger partial charge in [0.1, 0.15) is 5.75 Å². The molecular formula is C23H16BrClN2O2. The standard InChI is InChI=1S/C23H16BrClN2O2/c1-29-22-10-9-16(25)12-21(22)27-23(28)18-13-20(14-5-4-6-15(24)11-14)26-19-8-3-2-7-17(18)19/h2-13H,1H3,(H,27,28). The molecule has 29 heavy (non-hydrogen) atoms. The molecule has 144 valence electrons. The smallest absolute Gasteiger partial charge is 0.256 e. The second-order valence-corrected chi connectivity index (χ2v) is 7.73. The Labute approximate surface area is 181 Å². The number of nitrogens with zero attached hydrogens (tertiary/aromatic N) is 1. The van der Waals surface area contributed by atoms with Crippen molar-refractivity contribution in [3.63, 3.8) is 0 Å². The van der Waals surface area contributed by atoms with E-state index in [1.54, 1.807) is 31.4 Å². The van der Waals surface area contributed by atoms with Crippen molar-refractivity contribution in [3.8, 4) is 17.0 Å². The lowest BCUT2D eigenvalue weighted by atomic mass is 10.0. The van der Waals surface area contributed by atoms with Gasteiger partial charge in [0.2, 0.25) is 0 Å². The van der Waals surface area contributed by atoms with Crippen molar-refractivity contribution in [2.75, 3.05) is 12.4 Å². The lowest BCUT2D eigenvalue weighted by Gasteiger charge is -2.13. The number of anilines is 1. The molecule has 1 heterocycles. The van der Waals surface area contributed by atoms with E-state index in [0.29, 0.717) is 27.7 Å². The number of ether oxygens (including phenoxy) is 1. The summed E-state index contributed by atoms with van der Waals surface area (Å²) in [7, 11) is 1.55. The molecule has 4 aromatic rings. The van der Waals surface area contributed by atoms with Crippen LogP contribution in [0.1, 0.15) is 10.4 Å². The SMILES string of the molecule is COc1ccc(Cl)cc1NC(=O)c1cc(-c2cccc(Br)c2)nc2ccccc12. The minimum absolute atomic E-state index is 0.264. The van der Waals surface area contributed by atoms with Gasteiger partial charge >= 0.3 is 0 Å². The summed E-state index contributed by atoms with van der Waals surface area (Å²) < 4.78 is 6.28. The number of methoxy groups -OCH3 is 1. The van der Waals surface area contributed by atoms with Gasteiger partial charge in [0.05, 0.1) is 29.6 Å². The van der Waals surface area contributed by atoms with E-state index in [1.807, 2.05) is 48.5 Å². The average molecular weight is 468 g/mol. The fraction of sp³-hybridized carbons (Fsp3) is 0.0435. The van der Waals surface area contributed by atoms with Crippen molar-refractivity contribution in [2.45, 2.75) is 0 Å². The summed E-state index contributed by atoms with van der Waals surface area (Å²) in [5.74, 6) is 0.272. The first kappa shape index (κ1) is 19.4. The molecule has 1 aromatic heterocycles. The van der Waals surface area contributed by atoms with E-state index < -0.39 is 0 Å². The van der Waals surface area contributed by atoms with Crippen molar-refractivity contribution in [1.29, 1.82) is 0 Å². The number of nitrogens with one attached hydrogen (secondary N) is 1. The largest absolute Gasteiger partial charge is 0.495 e. The molecule has 0 saturated heterocycles. The van der Waals surface area contributed by atoms with Gasteiger partial charge in [0, 0.05) is 20.4 Å². The van der Waals surface area contributed by atoms with Crippen LogP contribution in [0.5, 0.6) is 5.75 Å². The normalized spacial score (nSPS) is 10.7. The molecule has 0 aliphatic rings. The Balaban J connectivity index is 1.82. The van der Waals surface area contributed by atoms with Crippen molar-refractivity contribution in [3.05, 3.63) is 87.9 Å². The predicted octanol–water partition coefficient (Wildman–Crippen LogP) is 6.58. The van der Waals surface area contributed by atoms with Crippen molar-refractivity contribution >= 4 is 50.0 Å². The number of fused-ring (bicyclic) bond motifs is 1. The fourth-order valence-corrected chi connectivity index (χ4v) is 3.70. The molecule has 0 saturated carbocycles. The van der Waals surface area contributed by atoms with Gasteiger partial charge in [-0.2, -0.15) is 0 Å². The second kappa shape index (κ2) is 8.23. The Bertz CT molecular complexity index is 1230. The molecule has 0 aliphatic heterocycles. The second-order valence-electron chi connectivity index (χ2n) is 6.38. The maximum Gasteiger partial charge on any atom is 0.256 e. The Morgan fingerprint density at radius 2 is 1.86 bits per heavy atom. The van der Waals surface area contributed by atoms with Crippen LogP contribution < -0.4 is 10.1 Å². The van der Waals surface area contributed by atoms with Gasteiger partial charge in [-0.15, -0.1) is 0 Å². The number of halogens is 2. The first-order valence-electron chi connectivity index (χ1n) is 8.86. The highest BCUT2D eigenvalue weighted by Gasteiger charge is 2.16. The topological polar surface area (TPSA) is 51.2 Å². The number of hydrogen-bond acceptors (Lipinski definition) is 3. The van der Waals surface area contributed by atoms with E-state index in [4.69, 9.17) is 21.3 Å². The zero-order valence-corrected chi connectivity index (χ0v) is 17.8. The first-order valence-corrected chi connectivity index (χ1v) is 10.0. The van der Waals surface area contributed by atoms with Crippen LogP contribution in [0, 0.1) is 0 Å². The molecule has 0 aliphatic carbocycles. The molecule has 4 nitrogen and oxygen atoms in total. The zero-order chi connectivity index (χ0) is 20.4. The zero-order valence-electron chi connectivity index (χ0n) is 15.4. The van der Waals surface area contributed by atoms with Crippen LogP contribution in [-0.2, 0) is 0 Å². The summed E-state index contributed by atoms with van der Waals surface area (Å²) in [6.07, 6.45) is 0. The number of hydrogen-bond donors (Lipinski definition) is 1. The van der Waals surface area contributed by atoms with Crippen LogP contribution in [0.4, 0.5) is 5.69 Å². The molecule has 0 spiro atoms. The molecule has 0 bridgehead atoms. The molecule has 3 aromatic carbocycles. The lowest BCUT2D eigenvalue weighted by molar-refractivity contribution is 0.102. The van der Waals surface area contributed by atoms with Crippen LogP contribution in [0.2, 0.25) is 5.02 Å². The van der Waals surface area contributed by atoms with Gasteiger partial charge in [-0.25, -0.2) is 4.98 Å². The van der Waals surface area contributed by atoms with Crippen LogP contribution in [0.25, 0.3) is 22.2 Å². The summed E-state index contributed by atoms with van der Waals surface area (Å²) in [5.41, 5.74) is 3.41. The Morgan fingerprint density at radius 3 is 2.66 bits per heavy atom. The molecule has 0 unspecified atom stereocenters. The number of carbonyl (C=O) groups is 1. The van der Waals surface area contributed by atoms with Crippen molar-refractivity contribution < 1.29 is 9.53 Å². The number of carbonyl (C=O) groups excluding carboxylic acids is 1. The van der Waals surface area contributed by atoms with E-state index in [2.05, 4.69) is 21.2 Å². The molecule has 0 fully saturated rings. The number of pyridine rings is 1. The van der Waals surface area contributed by atoms with Gasteiger partial charge in [0.15, 0.2) is 0 Å². The predicted molar refractivity (Wildman–Crippen MR) is 121 cm³/mol. The minimum atomic E-state index is -0.264. The van der Waals surface area contributed by atoms with Crippen LogP contribution in [0.15, 0.2) is 77.3 Å². The van der Waals surface area contributed by atoms with Gasteiger partial charge in [-0.3, -0.25) is 4.79 Å². The molecular weight excluding hydrogens is 452 g/mol. The summed E-state index contributed by atoms with van der Waals surface area (Å²) in [4.78, 5) is 17.9. The highest BCUT2D eigenvalue weighted by molar-refractivity contribution is 9.10. The molecule has 0 atom stereocenters. The van der Waals surface area contributed by atoms with Gasteiger partial charge in [-0.1, -0.05) is 57.9 Å². The Hall–Kier alpha value is -2.89. The van der Waals surface area contributed by atoms with Crippen LogP contribution >= 0.6 is 27.5 Å². The van der Waals surface area contributed by atoms with Gasteiger partial charge < -0.3 is 10.1 Å².